The van der Waals surface area contributed by atoms with Gasteiger partial charge in [-0.25, -0.2) is 14.6 Å². The Morgan fingerprint density at radius 3 is 2.58 bits per heavy atom. The first kappa shape index (κ1) is 20.7. The molecule has 2 aromatic carbocycles. The Balaban J connectivity index is 1.26. The van der Waals surface area contributed by atoms with Crippen LogP contribution >= 0.6 is 0 Å². The summed E-state index contributed by atoms with van der Waals surface area (Å²) >= 11 is 0. The van der Waals surface area contributed by atoms with Gasteiger partial charge >= 0.3 is 0 Å². The Kier molecular flexibility index (Phi) is 5.47. The molecular weight excluding hydrogens is 424 g/mol. The molecule has 4 aromatic rings. The number of carbonyl (C=O) groups is 1. The number of nitrogens with one attached hydrogen (secondary N) is 1. The number of rotatable bonds is 8. The normalized spacial score (nSPS) is 13.0. The molecule has 0 atom stereocenters. The van der Waals surface area contributed by atoms with E-state index in [0.29, 0.717) is 45.6 Å². The molecule has 10 nitrogen and oxygen atoms in total. The maximum absolute atomic E-state index is 12.3. The number of amides is 1. The molecule has 0 aliphatic heterocycles. The number of carbonyl (C=O) groups excluding carboxylic acids is 1. The largest absolute Gasteiger partial charge is 0.493 e. The molecule has 0 bridgehead atoms. The standard InChI is InChI=1S/C23H22N6O4/c1-31-20-9-17-18(10-21(20)32-2)24-13-25-23(17)33-16-7-5-15(6-8-16)26-22(30)12-29-11-19(27-28-29)14-3-4-14/h5-11,13-14H,3-4,12H2,1-2H3,(H,26,30). The highest BCUT2D eigenvalue weighted by atomic mass is 16.5. The van der Waals surface area contributed by atoms with E-state index in [2.05, 4.69) is 25.6 Å². The van der Waals surface area contributed by atoms with Gasteiger partial charge in [-0.05, 0) is 43.2 Å². The zero-order chi connectivity index (χ0) is 22.8. The lowest BCUT2D eigenvalue weighted by Crippen LogP contribution is -2.19. The Labute approximate surface area is 189 Å². The van der Waals surface area contributed by atoms with E-state index in [9.17, 15) is 4.79 Å². The molecule has 1 N–H and O–H groups in total. The van der Waals surface area contributed by atoms with Gasteiger partial charge in [-0.15, -0.1) is 5.10 Å². The summed E-state index contributed by atoms with van der Waals surface area (Å²) in [5.74, 6) is 2.40. The van der Waals surface area contributed by atoms with Crippen LogP contribution in [0.25, 0.3) is 10.9 Å². The number of benzene rings is 2. The Bertz CT molecular complexity index is 1300. The summed E-state index contributed by atoms with van der Waals surface area (Å²) in [6.07, 6.45) is 5.56. The maximum atomic E-state index is 12.3. The third-order valence-corrected chi connectivity index (χ3v) is 5.31. The van der Waals surface area contributed by atoms with Crippen molar-refractivity contribution < 1.29 is 19.0 Å². The second-order valence-corrected chi connectivity index (χ2v) is 7.69. The number of fused-ring (bicyclic) bond motifs is 1. The molecule has 0 spiro atoms. The molecule has 2 aromatic heterocycles. The van der Waals surface area contributed by atoms with Crippen molar-refractivity contribution in [2.75, 3.05) is 19.5 Å². The van der Waals surface area contributed by atoms with E-state index in [0.717, 1.165) is 18.5 Å². The van der Waals surface area contributed by atoms with Crippen molar-refractivity contribution in [3.63, 3.8) is 0 Å². The average Bonchev–Trinajstić information content (AvgIpc) is 3.58. The highest BCUT2D eigenvalue weighted by Crippen LogP contribution is 2.38. The van der Waals surface area contributed by atoms with Gasteiger partial charge < -0.3 is 19.5 Å². The first-order chi connectivity index (χ1) is 16.1. The predicted molar refractivity (Wildman–Crippen MR) is 120 cm³/mol. The molecule has 1 fully saturated rings. The van der Waals surface area contributed by atoms with Crippen molar-refractivity contribution in [2.45, 2.75) is 25.3 Å². The Hall–Kier alpha value is -4.21. The van der Waals surface area contributed by atoms with E-state index in [1.54, 1.807) is 55.3 Å². The maximum Gasteiger partial charge on any atom is 0.246 e. The second-order valence-electron chi connectivity index (χ2n) is 7.69. The lowest BCUT2D eigenvalue weighted by Gasteiger charge is -2.12. The molecular formula is C23H22N6O4. The minimum Gasteiger partial charge on any atom is -0.493 e. The monoisotopic (exact) mass is 446 g/mol. The van der Waals surface area contributed by atoms with Crippen molar-refractivity contribution in [1.82, 2.24) is 25.0 Å². The van der Waals surface area contributed by atoms with Gasteiger partial charge in [-0.1, -0.05) is 5.21 Å². The molecule has 1 aliphatic rings. The molecule has 1 aliphatic carbocycles. The summed E-state index contributed by atoms with van der Waals surface area (Å²) in [6, 6.07) is 10.6. The van der Waals surface area contributed by atoms with Crippen LogP contribution in [0, 0.1) is 0 Å². The van der Waals surface area contributed by atoms with Crippen molar-refractivity contribution in [3.8, 4) is 23.1 Å². The van der Waals surface area contributed by atoms with Crippen LogP contribution in [0.5, 0.6) is 23.1 Å². The molecule has 1 amide bonds. The number of methoxy groups -OCH3 is 2. The van der Waals surface area contributed by atoms with E-state index in [-0.39, 0.29) is 12.5 Å². The predicted octanol–water partition coefficient (Wildman–Crippen LogP) is 3.55. The fourth-order valence-electron chi connectivity index (χ4n) is 3.46. The van der Waals surface area contributed by atoms with E-state index < -0.39 is 0 Å². The van der Waals surface area contributed by atoms with Gasteiger partial charge in [0, 0.05) is 23.9 Å². The van der Waals surface area contributed by atoms with Crippen molar-refractivity contribution in [2.24, 2.45) is 0 Å². The van der Waals surface area contributed by atoms with Gasteiger partial charge in [0.25, 0.3) is 0 Å². The number of nitrogens with zero attached hydrogens (tertiary/aromatic N) is 5. The molecule has 5 rings (SSSR count). The quantitative estimate of drug-likeness (QED) is 0.437. The topological polar surface area (TPSA) is 113 Å². The molecule has 33 heavy (non-hydrogen) atoms. The molecule has 0 unspecified atom stereocenters. The summed E-state index contributed by atoms with van der Waals surface area (Å²) in [4.78, 5) is 20.9. The van der Waals surface area contributed by atoms with Crippen LogP contribution in [0.15, 0.2) is 48.9 Å². The Morgan fingerprint density at radius 2 is 1.85 bits per heavy atom. The molecule has 2 heterocycles. The number of hydrogen-bond acceptors (Lipinski definition) is 8. The minimum absolute atomic E-state index is 0.107. The summed E-state index contributed by atoms with van der Waals surface area (Å²) in [7, 11) is 3.13. The van der Waals surface area contributed by atoms with Crippen molar-refractivity contribution in [1.29, 1.82) is 0 Å². The van der Waals surface area contributed by atoms with E-state index >= 15 is 0 Å². The first-order valence-corrected chi connectivity index (χ1v) is 10.5. The second kappa shape index (κ2) is 8.73. The lowest BCUT2D eigenvalue weighted by molar-refractivity contribution is -0.116. The summed E-state index contributed by atoms with van der Waals surface area (Å²) in [6.45, 7) is 0.107. The van der Waals surface area contributed by atoms with Crippen molar-refractivity contribution >= 4 is 22.5 Å². The van der Waals surface area contributed by atoms with Crippen LogP contribution in [0.2, 0.25) is 0 Å². The van der Waals surface area contributed by atoms with Crippen LogP contribution in [0.1, 0.15) is 24.5 Å². The van der Waals surface area contributed by atoms with Gasteiger partial charge in [0.15, 0.2) is 11.5 Å². The summed E-state index contributed by atoms with van der Waals surface area (Å²) in [5.41, 5.74) is 2.27. The lowest BCUT2D eigenvalue weighted by atomic mass is 10.2. The zero-order valence-corrected chi connectivity index (χ0v) is 18.2. The SMILES string of the molecule is COc1cc2ncnc(Oc3ccc(NC(=O)Cn4cc(C5CC5)nn4)cc3)c2cc1OC. The van der Waals surface area contributed by atoms with Gasteiger partial charge in [-0.2, -0.15) is 0 Å². The zero-order valence-electron chi connectivity index (χ0n) is 18.2. The third kappa shape index (κ3) is 4.54. The molecule has 0 radical (unpaired) electrons. The van der Waals surface area contributed by atoms with Crippen LogP contribution in [-0.2, 0) is 11.3 Å². The van der Waals surface area contributed by atoms with Crippen LogP contribution in [-0.4, -0.2) is 45.1 Å². The fourth-order valence-corrected chi connectivity index (χ4v) is 3.46. The van der Waals surface area contributed by atoms with Crippen molar-refractivity contribution in [3.05, 3.63) is 54.6 Å². The van der Waals surface area contributed by atoms with E-state index in [4.69, 9.17) is 14.2 Å². The smallest absolute Gasteiger partial charge is 0.246 e. The number of anilines is 1. The van der Waals surface area contributed by atoms with Gasteiger partial charge in [0.1, 0.15) is 18.6 Å². The molecule has 1 saturated carbocycles. The van der Waals surface area contributed by atoms with Crippen LogP contribution < -0.4 is 19.5 Å². The summed E-state index contributed by atoms with van der Waals surface area (Å²) < 4.78 is 18.2. The number of aromatic nitrogens is 5. The van der Waals surface area contributed by atoms with Gasteiger partial charge in [0.2, 0.25) is 11.8 Å². The van der Waals surface area contributed by atoms with Crippen LogP contribution in [0.3, 0.4) is 0 Å². The van der Waals surface area contributed by atoms with Crippen LogP contribution in [0.4, 0.5) is 5.69 Å². The number of ether oxygens (including phenoxy) is 3. The highest BCUT2D eigenvalue weighted by molar-refractivity contribution is 5.90. The molecule has 168 valence electrons. The van der Waals surface area contributed by atoms with Gasteiger partial charge in [-0.3, -0.25) is 4.79 Å². The minimum atomic E-state index is -0.182. The molecule has 10 heteroatoms. The highest BCUT2D eigenvalue weighted by Gasteiger charge is 2.26. The van der Waals surface area contributed by atoms with E-state index in [1.807, 2.05) is 6.20 Å². The Morgan fingerprint density at radius 1 is 1.09 bits per heavy atom. The molecule has 0 saturated heterocycles. The van der Waals surface area contributed by atoms with E-state index in [1.165, 1.54) is 6.33 Å². The number of hydrogen-bond donors (Lipinski definition) is 1. The van der Waals surface area contributed by atoms with Gasteiger partial charge in [0.05, 0.1) is 30.8 Å². The first-order valence-electron chi connectivity index (χ1n) is 10.5. The fraction of sp³-hybridized carbons (Fsp3) is 0.261. The average molecular weight is 446 g/mol. The third-order valence-electron chi connectivity index (χ3n) is 5.31. The summed E-state index contributed by atoms with van der Waals surface area (Å²) in [5, 5.41) is 11.7.